The highest BCUT2D eigenvalue weighted by atomic mass is 19.1. The third-order valence-electron chi connectivity index (χ3n) is 5.60. The minimum Gasteiger partial charge on any atom is -0.463 e. The highest BCUT2D eigenvalue weighted by molar-refractivity contribution is 5.92. The summed E-state index contributed by atoms with van der Waals surface area (Å²) in [5.41, 5.74) is 7.21. The number of carbonyl (C=O) groups excluding carboxylic acids is 1. The Hall–Kier alpha value is -2.85. The Balaban J connectivity index is 1.94. The van der Waals surface area contributed by atoms with Crippen LogP contribution in [0.5, 0.6) is 0 Å². The molecule has 160 valence electrons. The Morgan fingerprint density at radius 2 is 2.03 bits per heavy atom. The smallest absolute Gasteiger partial charge is 0.338 e. The van der Waals surface area contributed by atoms with Crippen molar-refractivity contribution in [2.75, 3.05) is 19.7 Å². The van der Waals surface area contributed by atoms with Crippen molar-refractivity contribution in [2.45, 2.75) is 52.0 Å². The molecule has 0 aromatic heterocycles. The van der Waals surface area contributed by atoms with Gasteiger partial charge in [0.2, 0.25) is 5.88 Å². The van der Waals surface area contributed by atoms with Gasteiger partial charge in [-0.25, -0.2) is 9.18 Å². The van der Waals surface area contributed by atoms with Crippen molar-refractivity contribution in [3.63, 3.8) is 0 Å². The van der Waals surface area contributed by atoms with Crippen LogP contribution in [0.2, 0.25) is 0 Å². The molecule has 1 aromatic carbocycles. The summed E-state index contributed by atoms with van der Waals surface area (Å²) >= 11 is 0. The summed E-state index contributed by atoms with van der Waals surface area (Å²) in [6, 6.07) is 6.89. The maximum atomic E-state index is 15.0. The van der Waals surface area contributed by atoms with Gasteiger partial charge >= 0.3 is 5.97 Å². The minimum atomic E-state index is -0.829. The number of likely N-dealkylation sites (tertiary alicyclic amines) is 1. The molecule has 0 amide bonds. The van der Waals surface area contributed by atoms with E-state index in [-0.39, 0.29) is 35.2 Å². The van der Waals surface area contributed by atoms with Gasteiger partial charge in [-0.1, -0.05) is 25.0 Å². The Labute approximate surface area is 176 Å². The number of rotatable bonds is 5. The van der Waals surface area contributed by atoms with Gasteiger partial charge in [0.05, 0.1) is 18.1 Å². The van der Waals surface area contributed by atoms with Crippen LogP contribution in [-0.4, -0.2) is 30.6 Å². The second kappa shape index (κ2) is 9.77. The Morgan fingerprint density at radius 3 is 2.63 bits per heavy atom. The van der Waals surface area contributed by atoms with Gasteiger partial charge in [0, 0.05) is 12.1 Å². The average Bonchev–Trinajstić information content (AvgIpc) is 2.98. The van der Waals surface area contributed by atoms with Crippen molar-refractivity contribution in [1.82, 2.24) is 4.90 Å². The molecule has 3 rings (SSSR count). The van der Waals surface area contributed by atoms with E-state index in [1.165, 1.54) is 18.9 Å². The molecule has 2 N–H and O–H groups in total. The third-order valence-corrected chi connectivity index (χ3v) is 5.60. The molecular formula is C23H28FN3O3. The SMILES string of the molecule is CCOC(=O)C1=C(C)OC(N)=C(C#N)C1c1ccc(CN2CCCCCC2)c(F)c1. The number of carbonyl (C=O) groups is 1. The van der Waals surface area contributed by atoms with Crippen LogP contribution in [0.15, 0.2) is 41.0 Å². The van der Waals surface area contributed by atoms with Crippen LogP contribution in [0.25, 0.3) is 0 Å². The summed E-state index contributed by atoms with van der Waals surface area (Å²) in [5.74, 6) is -1.62. The van der Waals surface area contributed by atoms with Crippen molar-refractivity contribution >= 4 is 5.97 Å². The molecule has 0 bridgehead atoms. The molecule has 0 radical (unpaired) electrons. The molecule has 30 heavy (non-hydrogen) atoms. The van der Waals surface area contributed by atoms with Crippen LogP contribution < -0.4 is 5.73 Å². The lowest BCUT2D eigenvalue weighted by atomic mass is 9.82. The Bertz CT molecular complexity index is 909. The van der Waals surface area contributed by atoms with Crippen molar-refractivity contribution in [3.8, 4) is 6.07 Å². The molecule has 0 aliphatic carbocycles. The number of nitrogens with zero attached hydrogens (tertiary/aromatic N) is 2. The van der Waals surface area contributed by atoms with Crippen molar-refractivity contribution in [1.29, 1.82) is 5.26 Å². The monoisotopic (exact) mass is 413 g/mol. The average molecular weight is 413 g/mol. The predicted octanol–water partition coefficient (Wildman–Crippen LogP) is 3.85. The van der Waals surface area contributed by atoms with Gasteiger partial charge in [-0.3, -0.25) is 4.90 Å². The summed E-state index contributed by atoms with van der Waals surface area (Å²) in [7, 11) is 0. The van der Waals surface area contributed by atoms with E-state index in [1.807, 2.05) is 6.07 Å². The lowest BCUT2D eigenvalue weighted by molar-refractivity contribution is -0.139. The van der Waals surface area contributed by atoms with E-state index in [2.05, 4.69) is 4.90 Å². The summed E-state index contributed by atoms with van der Waals surface area (Å²) in [6.45, 7) is 5.93. The van der Waals surface area contributed by atoms with Gasteiger partial charge in [-0.05, 0) is 51.4 Å². The first kappa shape index (κ1) is 21.8. The number of ether oxygens (including phenoxy) is 2. The molecule has 2 heterocycles. The van der Waals surface area contributed by atoms with Crippen LogP contribution in [0.4, 0.5) is 4.39 Å². The zero-order chi connectivity index (χ0) is 21.7. The zero-order valence-corrected chi connectivity index (χ0v) is 17.5. The van der Waals surface area contributed by atoms with E-state index in [1.54, 1.807) is 26.0 Å². The number of hydrogen-bond acceptors (Lipinski definition) is 6. The first-order chi connectivity index (χ1) is 14.5. The number of nitrogens with two attached hydrogens (primary N) is 1. The largest absolute Gasteiger partial charge is 0.463 e. The van der Waals surface area contributed by atoms with Crippen LogP contribution in [0, 0.1) is 17.1 Å². The van der Waals surface area contributed by atoms with E-state index < -0.39 is 11.9 Å². The quantitative estimate of drug-likeness (QED) is 0.738. The number of allylic oxidation sites excluding steroid dienone is 2. The number of benzene rings is 1. The fourth-order valence-corrected chi connectivity index (χ4v) is 4.09. The second-order valence-electron chi connectivity index (χ2n) is 7.66. The number of hydrogen-bond donors (Lipinski definition) is 1. The van der Waals surface area contributed by atoms with E-state index in [0.717, 1.165) is 25.9 Å². The van der Waals surface area contributed by atoms with Crippen LogP contribution in [0.1, 0.15) is 56.6 Å². The van der Waals surface area contributed by atoms with Crippen LogP contribution in [-0.2, 0) is 20.8 Å². The third kappa shape index (κ3) is 4.65. The van der Waals surface area contributed by atoms with Gasteiger partial charge < -0.3 is 15.2 Å². The highest BCUT2D eigenvalue weighted by Crippen LogP contribution is 2.40. The van der Waals surface area contributed by atoms with E-state index in [9.17, 15) is 10.1 Å². The molecule has 0 saturated carbocycles. The van der Waals surface area contributed by atoms with Crippen molar-refractivity contribution in [3.05, 3.63) is 57.9 Å². The molecular weight excluding hydrogens is 385 g/mol. The summed E-state index contributed by atoms with van der Waals surface area (Å²) < 4.78 is 25.6. The molecule has 6 nitrogen and oxygen atoms in total. The van der Waals surface area contributed by atoms with Gasteiger partial charge in [-0.2, -0.15) is 5.26 Å². The minimum absolute atomic E-state index is 0.0725. The predicted molar refractivity (Wildman–Crippen MR) is 110 cm³/mol. The van der Waals surface area contributed by atoms with Crippen LogP contribution >= 0.6 is 0 Å². The second-order valence-corrected chi connectivity index (χ2v) is 7.66. The fourth-order valence-electron chi connectivity index (χ4n) is 4.09. The molecule has 2 aliphatic heterocycles. The Kier molecular flexibility index (Phi) is 7.11. The normalized spacial score (nSPS) is 20.4. The molecule has 1 saturated heterocycles. The first-order valence-corrected chi connectivity index (χ1v) is 10.4. The lowest BCUT2D eigenvalue weighted by Crippen LogP contribution is -2.26. The van der Waals surface area contributed by atoms with Gasteiger partial charge in [0.1, 0.15) is 23.2 Å². The van der Waals surface area contributed by atoms with Crippen LogP contribution in [0.3, 0.4) is 0 Å². The van der Waals surface area contributed by atoms with Gasteiger partial charge in [0.25, 0.3) is 0 Å². The number of nitriles is 1. The molecule has 1 unspecified atom stereocenters. The molecule has 1 atom stereocenters. The summed E-state index contributed by atoms with van der Waals surface area (Å²) in [5, 5.41) is 9.63. The van der Waals surface area contributed by atoms with E-state index >= 15 is 4.39 Å². The molecule has 0 spiro atoms. The molecule has 1 aromatic rings. The van der Waals surface area contributed by atoms with E-state index in [0.29, 0.717) is 17.7 Å². The standard InChI is InChI=1S/C23H28FN3O3/c1-3-29-23(28)20-15(2)30-22(26)18(13-25)21(20)16-8-9-17(19(24)12-16)14-27-10-6-4-5-7-11-27/h8-9,12,21H,3-7,10-11,14,26H2,1-2H3. The first-order valence-electron chi connectivity index (χ1n) is 10.4. The Morgan fingerprint density at radius 1 is 1.33 bits per heavy atom. The maximum absolute atomic E-state index is 15.0. The molecule has 7 heteroatoms. The highest BCUT2D eigenvalue weighted by Gasteiger charge is 2.36. The number of esters is 1. The van der Waals surface area contributed by atoms with E-state index in [4.69, 9.17) is 15.2 Å². The van der Waals surface area contributed by atoms with Gasteiger partial charge in [-0.15, -0.1) is 0 Å². The topological polar surface area (TPSA) is 88.6 Å². The lowest BCUT2D eigenvalue weighted by Gasteiger charge is -2.27. The molecule has 1 fully saturated rings. The zero-order valence-electron chi connectivity index (χ0n) is 17.5. The fraction of sp³-hybridized carbons (Fsp3) is 0.478. The number of halogens is 1. The summed E-state index contributed by atoms with van der Waals surface area (Å²) in [4.78, 5) is 14.8. The van der Waals surface area contributed by atoms with Gasteiger partial charge in [0.15, 0.2) is 0 Å². The van der Waals surface area contributed by atoms with Crippen molar-refractivity contribution in [2.24, 2.45) is 5.73 Å². The molecule has 2 aliphatic rings. The maximum Gasteiger partial charge on any atom is 0.338 e. The summed E-state index contributed by atoms with van der Waals surface area (Å²) in [6.07, 6.45) is 4.69. The van der Waals surface area contributed by atoms with Crippen molar-refractivity contribution < 1.29 is 18.7 Å².